The number of fused-ring (bicyclic) bond motifs is 1. The Morgan fingerprint density at radius 2 is 2.20 bits per heavy atom. The van der Waals surface area contributed by atoms with E-state index in [1.165, 1.54) is 36.0 Å². The summed E-state index contributed by atoms with van der Waals surface area (Å²) < 4.78 is 5.55. The number of hydrogen-bond acceptors (Lipinski definition) is 3. The predicted octanol–water partition coefficient (Wildman–Crippen LogP) is 1.25. The van der Waals surface area contributed by atoms with Gasteiger partial charge in [0.05, 0.1) is 12.7 Å². The van der Waals surface area contributed by atoms with Crippen molar-refractivity contribution < 1.29 is 9.53 Å². The second kappa shape index (κ2) is 5.54. The summed E-state index contributed by atoms with van der Waals surface area (Å²) >= 11 is 0. The first-order valence-corrected chi connectivity index (χ1v) is 7.41. The van der Waals surface area contributed by atoms with Crippen molar-refractivity contribution in [3.8, 4) is 0 Å². The van der Waals surface area contributed by atoms with E-state index in [1.807, 2.05) is 6.92 Å². The number of hydrogen-bond donors (Lipinski definition) is 1. The smallest absolute Gasteiger partial charge is 0.237 e. The van der Waals surface area contributed by atoms with E-state index < -0.39 is 0 Å². The molecule has 0 saturated carbocycles. The number of carbonyl (C=O) groups is 1. The van der Waals surface area contributed by atoms with Crippen molar-refractivity contribution in [1.29, 1.82) is 0 Å². The average molecular weight is 274 g/mol. The van der Waals surface area contributed by atoms with Gasteiger partial charge in [-0.2, -0.15) is 0 Å². The van der Waals surface area contributed by atoms with Crippen LogP contribution < -0.4 is 5.73 Å². The molecule has 4 heteroatoms. The molecule has 4 nitrogen and oxygen atoms in total. The van der Waals surface area contributed by atoms with E-state index in [2.05, 4.69) is 23.1 Å². The van der Waals surface area contributed by atoms with Crippen LogP contribution in [0.1, 0.15) is 30.0 Å². The van der Waals surface area contributed by atoms with Crippen LogP contribution in [0.25, 0.3) is 0 Å². The zero-order valence-electron chi connectivity index (χ0n) is 12.0. The van der Waals surface area contributed by atoms with Gasteiger partial charge in [0.15, 0.2) is 0 Å². The van der Waals surface area contributed by atoms with Gasteiger partial charge in [-0.1, -0.05) is 18.2 Å². The fourth-order valence-electron chi connectivity index (χ4n) is 3.43. The van der Waals surface area contributed by atoms with Crippen LogP contribution >= 0.6 is 0 Å². The van der Waals surface area contributed by atoms with Crippen molar-refractivity contribution in [2.75, 3.05) is 13.2 Å². The fraction of sp³-hybridized carbons (Fsp3) is 0.562. The predicted molar refractivity (Wildman–Crippen MR) is 77.3 cm³/mol. The van der Waals surface area contributed by atoms with Gasteiger partial charge >= 0.3 is 0 Å². The standard InChI is InChI=1S/C16H22N2O2/c1-11-15(16(17)19)18(7-8-20-11)10-12-5-6-13-3-2-4-14(13)9-12/h5-6,9,11,15H,2-4,7-8,10H2,1H3,(H2,17,19)/t11-,15+/m1/s1. The number of amides is 1. The van der Waals surface area contributed by atoms with E-state index in [-0.39, 0.29) is 18.1 Å². The van der Waals surface area contributed by atoms with Crippen molar-refractivity contribution in [2.45, 2.75) is 44.9 Å². The van der Waals surface area contributed by atoms with E-state index in [9.17, 15) is 4.79 Å². The molecule has 1 saturated heterocycles. The molecule has 1 fully saturated rings. The molecule has 0 unspecified atom stereocenters. The van der Waals surface area contributed by atoms with E-state index >= 15 is 0 Å². The number of benzene rings is 1. The summed E-state index contributed by atoms with van der Waals surface area (Å²) in [5.41, 5.74) is 9.75. The topological polar surface area (TPSA) is 55.6 Å². The number of aryl methyl sites for hydroxylation is 2. The number of primary amides is 1. The maximum Gasteiger partial charge on any atom is 0.237 e. The van der Waals surface area contributed by atoms with Crippen LogP contribution in [0.15, 0.2) is 18.2 Å². The Hall–Kier alpha value is -1.39. The SMILES string of the molecule is C[C@H]1OCCN(Cc2ccc3c(c2)CCC3)[C@@H]1C(N)=O. The summed E-state index contributed by atoms with van der Waals surface area (Å²) in [6.45, 7) is 4.11. The molecular formula is C16H22N2O2. The van der Waals surface area contributed by atoms with E-state index in [1.54, 1.807) is 0 Å². The minimum absolute atomic E-state index is 0.129. The van der Waals surface area contributed by atoms with Gasteiger partial charge in [-0.05, 0) is 42.9 Å². The van der Waals surface area contributed by atoms with Crippen molar-refractivity contribution in [3.05, 3.63) is 34.9 Å². The normalized spacial score (nSPS) is 26.4. The first kappa shape index (κ1) is 13.6. The van der Waals surface area contributed by atoms with Gasteiger partial charge in [0.25, 0.3) is 0 Å². The maximum atomic E-state index is 11.7. The van der Waals surface area contributed by atoms with Gasteiger partial charge in [-0.15, -0.1) is 0 Å². The van der Waals surface area contributed by atoms with Gasteiger partial charge in [0.2, 0.25) is 5.91 Å². The molecule has 0 aromatic heterocycles. The van der Waals surface area contributed by atoms with Gasteiger partial charge in [-0.25, -0.2) is 0 Å². The van der Waals surface area contributed by atoms with Crippen LogP contribution in [0, 0.1) is 0 Å². The Bertz CT molecular complexity index is 515. The second-order valence-corrected chi connectivity index (χ2v) is 5.85. The van der Waals surface area contributed by atoms with Crippen LogP contribution in [0.5, 0.6) is 0 Å². The van der Waals surface area contributed by atoms with Crippen LogP contribution in [-0.2, 0) is 28.9 Å². The van der Waals surface area contributed by atoms with Crippen LogP contribution in [-0.4, -0.2) is 36.1 Å². The molecule has 1 aromatic carbocycles. The van der Waals surface area contributed by atoms with E-state index in [0.717, 1.165) is 13.1 Å². The number of ether oxygens (including phenoxy) is 1. The first-order valence-electron chi connectivity index (χ1n) is 7.41. The highest BCUT2D eigenvalue weighted by Crippen LogP contribution is 2.24. The fourth-order valence-corrected chi connectivity index (χ4v) is 3.43. The second-order valence-electron chi connectivity index (χ2n) is 5.85. The van der Waals surface area contributed by atoms with E-state index in [4.69, 9.17) is 10.5 Å². The molecule has 2 N–H and O–H groups in total. The summed E-state index contributed by atoms with van der Waals surface area (Å²) in [6.07, 6.45) is 3.52. The number of carbonyl (C=O) groups excluding carboxylic acids is 1. The third-order valence-electron chi connectivity index (χ3n) is 4.44. The third-order valence-corrected chi connectivity index (χ3v) is 4.44. The maximum absolute atomic E-state index is 11.7. The Labute approximate surface area is 119 Å². The molecule has 3 rings (SSSR count). The summed E-state index contributed by atoms with van der Waals surface area (Å²) in [6, 6.07) is 6.39. The molecule has 2 atom stereocenters. The molecule has 0 bridgehead atoms. The lowest BCUT2D eigenvalue weighted by atomic mass is 10.0. The molecule has 1 amide bonds. The lowest BCUT2D eigenvalue weighted by Gasteiger charge is -2.37. The molecule has 108 valence electrons. The monoisotopic (exact) mass is 274 g/mol. The van der Waals surface area contributed by atoms with Crippen molar-refractivity contribution in [3.63, 3.8) is 0 Å². The number of nitrogens with zero attached hydrogens (tertiary/aromatic N) is 1. The number of rotatable bonds is 3. The lowest BCUT2D eigenvalue weighted by Crippen LogP contribution is -2.56. The molecule has 1 aromatic rings. The molecule has 20 heavy (non-hydrogen) atoms. The first-order chi connectivity index (χ1) is 9.65. The Kier molecular flexibility index (Phi) is 3.76. The summed E-state index contributed by atoms with van der Waals surface area (Å²) in [5, 5.41) is 0. The van der Waals surface area contributed by atoms with Crippen molar-refractivity contribution in [2.24, 2.45) is 5.73 Å². The van der Waals surface area contributed by atoms with Crippen molar-refractivity contribution >= 4 is 5.91 Å². The van der Waals surface area contributed by atoms with Crippen LogP contribution in [0.3, 0.4) is 0 Å². The van der Waals surface area contributed by atoms with Crippen LogP contribution in [0.2, 0.25) is 0 Å². The number of nitrogens with two attached hydrogens (primary N) is 1. The molecule has 1 aliphatic heterocycles. The largest absolute Gasteiger partial charge is 0.375 e. The molecule has 0 spiro atoms. The molecular weight excluding hydrogens is 252 g/mol. The quantitative estimate of drug-likeness (QED) is 0.902. The average Bonchev–Trinajstić information content (AvgIpc) is 2.85. The highest BCUT2D eigenvalue weighted by atomic mass is 16.5. The molecule has 0 radical (unpaired) electrons. The van der Waals surface area contributed by atoms with Gasteiger partial charge < -0.3 is 10.5 Å². The van der Waals surface area contributed by atoms with Gasteiger partial charge in [0, 0.05) is 13.1 Å². The minimum atomic E-state index is -0.322. The minimum Gasteiger partial charge on any atom is -0.375 e. The molecule has 2 aliphatic rings. The highest BCUT2D eigenvalue weighted by Gasteiger charge is 2.33. The molecule has 1 heterocycles. The summed E-state index contributed by atoms with van der Waals surface area (Å²) in [4.78, 5) is 13.8. The molecule has 1 aliphatic carbocycles. The summed E-state index contributed by atoms with van der Waals surface area (Å²) in [5.74, 6) is -0.293. The lowest BCUT2D eigenvalue weighted by molar-refractivity contribution is -0.136. The number of morpholine rings is 1. The Morgan fingerprint density at radius 3 is 3.00 bits per heavy atom. The Balaban J connectivity index is 1.77. The van der Waals surface area contributed by atoms with Crippen molar-refractivity contribution in [1.82, 2.24) is 4.90 Å². The zero-order chi connectivity index (χ0) is 14.1. The van der Waals surface area contributed by atoms with Crippen LogP contribution in [0.4, 0.5) is 0 Å². The summed E-state index contributed by atoms with van der Waals surface area (Å²) in [7, 11) is 0. The third kappa shape index (κ3) is 2.58. The Morgan fingerprint density at radius 1 is 1.40 bits per heavy atom. The van der Waals surface area contributed by atoms with E-state index in [0.29, 0.717) is 6.61 Å². The highest BCUT2D eigenvalue weighted by molar-refractivity contribution is 5.80. The van der Waals surface area contributed by atoms with Gasteiger partial charge in [0.1, 0.15) is 6.04 Å². The zero-order valence-corrected chi connectivity index (χ0v) is 12.0. The van der Waals surface area contributed by atoms with Gasteiger partial charge in [-0.3, -0.25) is 9.69 Å².